The molecule has 1 aliphatic heterocycles. The van der Waals surface area contributed by atoms with E-state index in [1.807, 2.05) is 30.3 Å². The Labute approximate surface area is 175 Å². The zero-order valence-electron chi connectivity index (χ0n) is 17.2. The quantitative estimate of drug-likeness (QED) is 0.589. The molecule has 1 saturated heterocycles. The fraction of sp³-hybridized carbons (Fsp3) is 0.364. The normalized spacial score (nSPS) is 14.2. The third-order valence-electron chi connectivity index (χ3n) is 5.20. The first-order valence-corrected chi connectivity index (χ1v) is 10.0. The number of benzene rings is 1. The average Bonchev–Trinajstić information content (AvgIpc) is 3.51. The molecule has 1 amide bonds. The number of rotatable bonds is 8. The van der Waals surface area contributed by atoms with Crippen LogP contribution in [0.15, 0.2) is 40.8 Å². The minimum atomic E-state index is -0.340. The Morgan fingerprint density at radius 1 is 1.17 bits per heavy atom. The van der Waals surface area contributed by atoms with Crippen molar-refractivity contribution in [1.82, 2.24) is 15.1 Å². The van der Waals surface area contributed by atoms with Crippen molar-refractivity contribution in [3.63, 3.8) is 0 Å². The third-order valence-corrected chi connectivity index (χ3v) is 5.20. The highest BCUT2D eigenvalue weighted by atomic mass is 16.5. The highest BCUT2D eigenvalue weighted by molar-refractivity contribution is 6.04. The number of furan rings is 1. The van der Waals surface area contributed by atoms with Crippen LogP contribution in [-0.4, -0.2) is 48.3 Å². The van der Waals surface area contributed by atoms with E-state index in [9.17, 15) is 4.79 Å². The molecule has 158 valence electrons. The van der Waals surface area contributed by atoms with E-state index in [4.69, 9.17) is 13.9 Å². The van der Waals surface area contributed by atoms with E-state index in [-0.39, 0.29) is 11.7 Å². The summed E-state index contributed by atoms with van der Waals surface area (Å²) < 4.78 is 16.3. The van der Waals surface area contributed by atoms with Crippen LogP contribution in [0.2, 0.25) is 0 Å². The van der Waals surface area contributed by atoms with Crippen molar-refractivity contribution in [2.45, 2.75) is 26.0 Å². The van der Waals surface area contributed by atoms with Crippen molar-refractivity contribution < 1.29 is 18.7 Å². The van der Waals surface area contributed by atoms with Crippen molar-refractivity contribution >= 4 is 11.7 Å². The number of nitrogens with zero attached hydrogens (tertiary/aromatic N) is 2. The van der Waals surface area contributed by atoms with Crippen LogP contribution in [-0.2, 0) is 17.9 Å². The molecule has 0 radical (unpaired) electrons. The van der Waals surface area contributed by atoms with Crippen molar-refractivity contribution in [1.29, 1.82) is 0 Å². The number of hydrogen-bond donors (Lipinski definition) is 2. The Balaban J connectivity index is 1.53. The van der Waals surface area contributed by atoms with Gasteiger partial charge in [-0.2, -0.15) is 5.10 Å². The van der Waals surface area contributed by atoms with Crippen molar-refractivity contribution in [3.05, 3.63) is 53.6 Å². The van der Waals surface area contributed by atoms with Crippen molar-refractivity contribution in [2.24, 2.45) is 0 Å². The van der Waals surface area contributed by atoms with E-state index in [0.717, 1.165) is 48.0 Å². The van der Waals surface area contributed by atoms with Crippen LogP contribution >= 0.6 is 0 Å². The molecule has 3 aromatic rings. The zero-order valence-corrected chi connectivity index (χ0v) is 17.2. The Morgan fingerprint density at radius 3 is 2.63 bits per heavy atom. The number of nitrogens with one attached hydrogen (secondary N) is 2. The molecule has 8 nitrogen and oxygen atoms in total. The minimum absolute atomic E-state index is 0.265. The molecule has 0 unspecified atom stereocenters. The smallest absolute Gasteiger partial charge is 0.292 e. The van der Waals surface area contributed by atoms with Gasteiger partial charge in [0.05, 0.1) is 26.0 Å². The van der Waals surface area contributed by atoms with E-state index >= 15 is 0 Å². The Hall–Kier alpha value is -3.10. The maximum absolute atomic E-state index is 12.8. The van der Waals surface area contributed by atoms with Crippen LogP contribution in [0.25, 0.3) is 11.1 Å². The van der Waals surface area contributed by atoms with E-state index in [0.29, 0.717) is 12.4 Å². The molecule has 0 atom stereocenters. The molecule has 2 aromatic heterocycles. The third kappa shape index (κ3) is 4.39. The number of likely N-dealkylation sites (tertiary alicyclic amines) is 1. The lowest BCUT2D eigenvalue weighted by Crippen LogP contribution is -2.18. The molecule has 30 heavy (non-hydrogen) atoms. The van der Waals surface area contributed by atoms with Crippen molar-refractivity contribution in [3.8, 4) is 16.9 Å². The van der Waals surface area contributed by atoms with Gasteiger partial charge in [0.25, 0.3) is 5.91 Å². The van der Waals surface area contributed by atoms with Crippen molar-refractivity contribution in [2.75, 3.05) is 32.6 Å². The summed E-state index contributed by atoms with van der Waals surface area (Å²) in [6, 6.07) is 11.1. The number of anilines is 1. The van der Waals surface area contributed by atoms with E-state index in [1.54, 1.807) is 20.3 Å². The molecule has 3 heterocycles. The molecule has 1 aromatic carbocycles. The molecule has 0 bridgehead atoms. The maximum atomic E-state index is 12.8. The van der Waals surface area contributed by atoms with Crippen LogP contribution in [0.4, 0.5) is 5.82 Å². The summed E-state index contributed by atoms with van der Waals surface area (Å²) in [6.07, 6.45) is 2.43. The van der Waals surface area contributed by atoms with E-state index in [2.05, 4.69) is 20.4 Å². The SMILES string of the molecule is COCc1[nH]nc(NC(=O)c2ccc(CN3CCCC3)o2)c1-c1ccc(OC)cc1. The van der Waals surface area contributed by atoms with Gasteiger partial charge in [-0.1, -0.05) is 12.1 Å². The van der Waals surface area contributed by atoms with Crippen LogP contribution in [0, 0.1) is 0 Å². The number of carbonyl (C=O) groups excluding carboxylic acids is 1. The largest absolute Gasteiger partial charge is 0.497 e. The monoisotopic (exact) mass is 410 g/mol. The summed E-state index contributed by atoms with van der Waals surface area (Å²) in [6.45, 7) is 3.21. The average molecular weight is 410 g/mol. The highest BCUT2D eigenvalue weighted by Crippen LogP contribution is 2.32. The first-order chi connectivity index (χ1) is 14.7. The van der Waals surface area contributed by atoms with Gasteiger partial charge in [-0.25, -0.2) is 0 Å². The van der Waals surface area contributed by atoms with Gasteiger partial charge < -0.3 is 19.2 Å². The predicted octanol–water partition coefficient (Wildman–Crippen LogP) is 3.67. The Bertz CT molecular complexity index is 987. The number of H-pyrrole nitrogens is 1. The summed E-state index contributed by atoms with van der Waals surface area (Å²) in [7, 11) is 3.23. The molecule has 0 saturated carbocycles. The standard InChI is InChI=1S/C22H26N4O4/c1-28-14-18-20(15-5-7-16(29-2)8-6-15)21(25-24-18)23-22(27)19-10-9-17(30-19)13-26-11-3-4-12-26/h5-10H,3-4,11-14H2,1-2H3,(H2,23,24,25,27). The molecule has 1 aliphatic rings. The van der Waals surface area contributed by atoms with Gasteiger partial charge in [0.1, 0.15) is 11.5 Å². The number of methoxy groups -OCH3 is 2. The molecular weight excluding hydrogens is 384 g/mol. The maximum Gasteiger partial charge on any atom is 0.292 e. The lowest BCUT2D eigenvalue weighted by atomic mass is 10.1. The lowest BCUT2D eigenvalue weighted by molar-refractivity contribution is 0.0993. The minimum Gasteiger partial charge on any atom is -0.497 e. The molecule has 0 spiro atoms. The molecule has 0 aliphatic carbocycles. The topological polar surface area (TPSA) is 92.6 Å². The number of aromatic nitrogens is 2. The van der Waals surface area contributed by atoms with Crippen LogP contribution in [0.1, 0.15) is 34.9 Å². The van der Waals surface area contributed by atoms with Gasteiger partial charge in [0.2, 0.25) is 0 Å². The number of aromatic amines is 1. The lowest BCUT2D eigenvalue weighted by Gasteiger charge is -2.11. The molecular formula is C22H26N4O4. The van der Waals surface area contributed by atoms with E-state index < -0.39 is 0 Å². The fourth-order valence-corrected chi connectivity index (χ4v) is 3.70. The number of carbonyl (C=O) groups is 1. The van der Waals surface area contributed by atoms with Crippen LogP contribution in [0.3, 0.4) is 0 Å². The Kier molecular flexibility index (Phi) is 6.15. The first kappa shape index (κ1) is 20.2. The predicted molar refractivity (Wildman–Crippen MR) is 112 cm³/mol. The second-order valence-corrected chi connectivity index (χ2v) is 7.29. The highest BCUT2D eigenvalue weighted by Gasteiger charge is 2.20. The molecule has 4 rings (SSSR count). The molecule has 1 fully saturated rings. The number of hydrogen-bond acceptors (Lipinski definition) is 6. The van der Waals surface area contributed by atoms with Gasteiger partial charge in [-0.3, -0.25) is 14.8 Å². The van der Waals surface area contributed by atoms with E-state index in [1.165, 1.54) is 12.8 Å². The summed E-state index contributed by atoms with van der Waals surface area (Å²) in [5, 5.41) is 10.1. The number of ether oxygens (including phenoxy) is 2. The second-order valence-electron chi connectivity index (χ2n) is 7.29. The van der Waals surface area contributed by atoms with Gasteiger partial charge >= 0.3 is 0 Å². The Morgan fingerprint density at radius 2 is 1.93 bits per heavy atom. The molecule has 2 N–H and O–H groups in total. The van der Waals surface area contributed by atoms with Gasteiger partial charge in [0.15, 0.2) is 11.6 Å². The van der Waals surface area contributed by atoms with Gasteiger partial charge in [0, 0.05) is 12.7 Å². The first-order valence-electron chi connectivity index (χ1n) is 10.0. The van der Waals surface area contributed by atoms with Gasteiger partial charge in [-0.15, -0.1) is 0 Å². The van der Waals surface area contributed by atoms with Crippen LogP contribution in [0.5, 0.6) is 5.75 Å². The summed E-state index contributed by atoms with van der Waals surface area (Å²) >= 11 is 0. The summed E-state index contributed by atoms with van der Waals surface area (Å²) in [5.74, 6) is 1.89. The number of amides is 1. The van der Waals surface area contributed by atoms with Crippen LogP contribution < -0.4 is 10.1 Å². The summed E-state index contributed by atoms with van der Waals surface area (Å²) in [4.78, 5) is 15.1. The van der Waals surface area contributed by atoms with Gasteiger partial charge in [-0.05, 0) is 55.8 Å². The molecule has 8 heteroatoms. The summed E-state index contributed by atoms with van der Waals surface area (Å²) in [5.41, 5.74) is 2.44. The second kappa shape index (κ2) is 9.15. The zero-order chi connectivity index (χ0) is 20.9. The fourth-order valence-electron chi connectivity index (χ4n) is 3.70.